The molecule has 0 fully saturated rings. The molecule has 146 valence electrons. The Bertz CT molecular complexity index is 271. The number of aliphatic hydroxyl groups excluding tert-OH is 1. The minimum atomic E-state index is 0.191. The zero-order chi connectivity index (χ0) is 18.8. The predicted molar refractivity (Wildman–Crippen MR) is 108 cm³/mol. The number of aliphatic hydroxyl groups is 1. The summed E-state index contributed by atoms with van der Waals surface area (Å²) in [5.41, 5.74) is 1.34. The van der Waals surface area contributed by atoms with Gasteiger partial charge in [0.1, 0.15) is 0 Å². The summed E-state index contributed by atoms with van der Waals surface area (Å²) in [5.74, 6) is 2.63. The van der Waals surface area contributed by atoms with Gasteiger partial charge in [0.15, 0.2) is 0 Å². The average molecular weight is 343 g/mol. The molecular weight excluding hydrogens is 296 g/mol. The first kappa shape index (κ1) is 25.9. The first-order chi connectivity index (χ1) is 11.4. The second-order valence-electron chi connectivity index (χ2n) is 8.00. The molecule has 0 aromatic rings. The van der Waals surface area contributed by atoms with Gasteiger partial charge in [0, 0.05) is 14.2 Å². The van der Waals surface area contributed by atoms with Gasteiger partial charge in [-0.3, -0.25) is 0 Å². The molecule has 1 N–H and O–H groups in total. The van der Waals surface area contributed by atoms with Gasteiger partial charge >= 0.3 is 0 Å². The van der Waals surface area contributed by atoms with E-state index < -0.39 is 0 Å². The fraction of sp³-hybridized carbons (Fsp3) is 0.909. The van der Waals surface area contributed by atoms with Crippen LogP contribution in [0.3, 0.4) is 0 Å². The molecule has 2 heteroatoms. The second-order valence-corrected chi connectivity index (χ2v) is 8.00. The van der Waals surface area contributed by atoms with Crippen molar-refractivity contribution in [3.8, 4) is 0 Å². The van der Waals surface area contributed by atoms with Crippen molar-refractivity contribution in [1.82, 2.24) is 0 Å². The predicted octanol–water partition coefficient (Wildman–Crippen LogP) is 6.63. The largest absolute Gasteiger partial charge is 0.392 e. The van der Waals surface area contributed by atoms with Crippen LogP contribution in [0.15, 0.2) is 11.6 Å². The number of hydrogen-bond acceptors (Lipinski definition) is 2. The van der Waals surface area contributed by atoms with Crippen molar-refractivity contribution in [1.29, 1.82) is 0 Å². The molecule has 0 aliphatic carbocycles. The minimum absolute atomic E-state index is 0.191. The summed E-state index contributed by atoms with van der Waals surface area (Å²) in [6.07, 6.45) is 14.1. The molecule has 0 aromatic heterocycles. The summed E-state index contributed by atoms with van der Waals surface area (Å²) in [4.78, 5) is 0. The first-order valence-corrected chi connectivity index (χ1v) is 10.0. The monoisotopic (exact) mass is 342 g/mol. The van der Waals surface area contributed by atoms with Gasteiger partial charge in [0.05, 0.1) is 6.61 Å². The van der Waals surface area contributed by atoms with Crippen molar-refractivity contribution in [3.63, 3.8) is 0 Å². The van der Waals surface area contributed by atoms with Crippen LogP contribution in [0.1, 0.15) is 92.4 Å². The fourth-order valence-electron chi connectivity index (χ4n) is 2.97. The van der Waals surface area contributed by atoms with Gasteiger partial charge < -0.3 is 9.84 Å². The average Bonchev–Trinajstić information content (AvgIpc) is 2.48. The second kappa shape index (κ2) is 19.0. The summed E-state index contributed by atoms with van der Waals surface area (Å²) in [6, 6.07) is 0. The van der Waals surface area contributed by atoms with Crippen LogP contribution in [0.25, 0.3) is 0 Å². The molecule has 0 radical (unpaired) electrons. The molecule has 0 aliphatic heterocycles. The van der Waals surface area contributed by atoms with E-state index in [2.05, 4.69) is 39.4 Å². The summed E-state index contributed by atoms with van der Waals surface area (Å²) in [6.45, 7) is 11.8. The maximum absolute atomic E-state index is 8.83. The Morgan fingerprint density at radius 2 is 1.25 bits per heavy atom. The SMILES string of the molecule is C/C(=C\CO)CCC[C@H](C)CCC[C@H](C)CCCC(C)C.COC. The van der Waals surface area contributed by atoms with Gasteiger partial charge in [-0.15, -0.1) is 0 Å². The third-order valence-corrected chi connectivity index (χ3v) is 4.58. The molecule has 0 saturated carbocycles. The number of ether oxygens (including phenoxy) is 1. The molecule has 0 saturated heterocycles. The van der Waals surface area contributed by atoms with E-state index in [1.807, 2.05) is 6.08 Å². The van der Waals surface area contributed by atoms with Crippen molar-refractivity contribution in [2.45, 2.75) is 92.4 Å². The lowest BCUT2D eigenvalue weighted by atomic mass is 9.91. The Labute approximate surface area is 153 Å². The standard InChI is InChI=1S/C20H40O.C2H6O/c1-17(2)9-6-10-18(3)11-7-12-19(4)13-8-14-20(5)15-16-21;1-3-2/h15,17-19,21H,6-14,16H2,1-5H3;1-2H3/b20-15+;/t18-,19-;/m1./s1. The van der Waals surface area contributed by atoms with Gasteiger partial charge in [-0.25, -0.2) is 0 Å². The molecule has 0 aliphatic rings. The van der Waals surface area contributed by atoms with Crippen LogP contribution < -0.4 is 0 Å². The molecule has 0 heterocycles. The van der Waals surface area contributed by atoms with Gasteiger partial charge in [-0.05, 0) is 37.5 Å². The molecular formula is C22H46O2. The summed E-state index contributed by atoms with van der Waals surface area (Å²) in [7, 11) is 3.25. The molecule has 0 unspecified atom stereocenters. The Morgan fingerprint density at radius 1 is 0.833 bits per heavy atom. The maximum Gasteiger partial charge on any atom is 0.0614 e. The summed E-state index contributed by atoms with van der Waals surface area (Å²) in [5, 5.41) is 8.83. The van der Waals surface area contributed by atoms with E-state index in [1.54, 1.807) is 14.2 Å². The van der Waals surface area contributed by atoms with Crippen LogP contribution in [0.2, 0.25) is 0 Å². The summed E-state index contributed by atoms with van der Waals surface area (Å²) >= 11 is 0. The molecule has 24 heavy (non-hydrogen) atoms. The molecule has 0 aromatic carbocycles. The van der Waals surface area contributed by atoms with E-state index in [0.717, 1.165) is 24.2 Å². The van der Waals surface area contributed by atoms with Crippen LogP contribution in [0, 0.1) is 17.8 Å². The number of hydrogen-bond donors (Lipinski definition) is 1. The Balaban J connectivity index is 0. The van der Waals surface area contributed by atoms with Gasteiger partial charge in [0.2, 0.25) is 0 Å². The molecule has 0 spiro atoms. The Hall–Kier alpha value is -0.340. The van der Waals surface area contributed by atoms with Crippen LogP contribution in [-0.2, 0) is 4.74 Å². The van der Waals surface area contributed by atoms with Crippen molar-refractivity contribution < 1.29 is 9.84 Å². The highest BCUT2D eigenvalue weighted by molar-refractivity contribution is 4.97. The van der Waals surface area contributed by atoms with Crippen molar-refractivity contribution >= 4 is 0 Å². The third kappa shape index (κ3) is 21.7. The van der Waals surface area contributed by atoms with E-state index in [1.165, 1.54) is 56.9 Å². The number of allylic oxidation sites excluding steroid dienone is 1. The lowest BCUT2D eigenvalue weighted by Gasteiger charge is -2.15. The van der Waals surface area contributed by atoms with Gasteiger partial charge in [-0.2, -0.15) is 0 Å². The zero-order valence-electron chi connectivity index (χ0n) is 17.7. The lowest BCUT2D eigenvalue weighted by molar-refractivity contribution is 0.277. The Kier molecular flexibility index (Phi) is 20.5. The number of methoxy groups -OCH3 is 1. The summed E-state index contributed by atoms with van der Waals surface area (Å²) < 4.78 is 4.25. The number of rotatable bonds is 13. The van der Waals surface area contributed by atoms with Gasteiger partial charge in [-0.1, -0.05) is 84.3 Å². The quantitative estimate of drug-likeness (QED) is 0.381. The molecule has 0 bridgehead atoms. The van der Waals surface area contributed by atoms with E-state index >= 15 is 0 Å². The lowest BCUT2D eigenvalue weighted by Crippen LogP contribution is -2.00. The molecule has 2 atom stereocenters. The van der Waals surface area contributed by atoms with E-state index in [-0.39, 0.29) is 6.61 Å². The van der Waals surface area contributed by atoms with Crippen LogP contribution in [0.5, 0.6) is 0 Å². The van der Waals surface area contributed by atoms with Gasteiger partial charge in [0.25, 0.3) is 0 Å². The zero-order valence-corrected chi connectivity index (χ0v) is 17.7. The third-order valence-electron chi connectivity index (χ3n) is 4.58. The van der Waals surface area contributed by atoms with Crippen molar-refractivity contribution in [2.75, 3.05) is 20.8 Å². The fourth-order valence-corrected chi connectivity index (χ4v) is 2.97. The van der Waals surface area contributed by atoms with E-state index in [9.17, 15) is 0 Å². The van der Waals surface area contributed by atoms with E-state index in [4.69, 9.17) is 5.11 Å². The smallest absolute Gasteiger partial charge is 0.0614 e. The van der Waals surface area contributed by atoms with E-state index in [0.29, 0.717) is 0 Å². The van der Waals surface area contributed by atoms with Crippen LogP contribution in [-0.4, -0.2) is 25.9 Å². The molecule has 2 nitrogen and oxygen atoms in total. The highest BCUT2D eigenvalue weighted by atomic mass is 16.4. The first-order valence-electron chi connectivity index (χ1n) is 10.0. The van der Waals surface area contributed by atoms with Crippen molar-refractivity contribution in [2.24, 2.45) is 17.8 Å². The highest BCUT2D eigenvalue weighted by Crippen LogP contribution is 2.21. The van der Waals surface area contributed by atoms with Crippen molar-refractivity contribution in [3.05, 3.63) is 11.6 Å². The normalized spacial score (nSPS) is 14.3. The molecule has 0 amide bonds. The van der Waals surface area contributed by atoms with Crippen LogP contribution in [0.4, 0.5) is 0 Å². The highest BCUT2D eigenvalue weighted by Gasteiger charge is 2.06. The Morgan fingerprint density at radius 3 is 1.67 bits per heavy atom. The topological polar surface area (TPSA) is 29.5 Å². The molecule has 0 rings (SSSR count). The van der Waals surface area contributed by atoms with Crippen LogP contribution >= 0.6 is 0 Å². The maximum atomic E-state index is 8.83. The minimum Gasteiger partial charge on any atom is -0.392 e.